The van der Waals surface area contributed by atoms with E-state index in [2.05, 4.69) is 20.9 Å². The van der Waals surface area contributed by atoms with Gasteiger partial charge in [0.05, 0.1) is 5.56 Å². The van der Waals surface area contributed by atoms with Crippen LogP contribution in [0.15, 0.2) is 29.0 Å². The zero-order valence-electron chi connectivity index (χ0n) is 10.2. The van der Waals surface area contributed by atoms with E-state index in [9.17, 15) is 13.6 Å². The molecule has 0 unspecified atom stereocenters. The van der Waals surface area contributed by atoms with E-state index < -0.39 is 23.0 Å². The summed E-state index contributed by atoms with van der Waals surface area (Å²) in [6, 6.07) is 2.16. The lowest BCUT2D eigenvalue weighted by atomic mass is 10.1. The van der Waals surface area contributed by atoms with Crippen molar-refractivity contribution in [3.63, 3.8) is 0 Å². The van der Waals surface area contributed by atoms with Crippen molar-refractivity contribution in [1.29, 1.82) is 0 Å². The maximum atomic E-state index is 13.6. The molecule has 0 radical (unpaired) electrons. The lowest BCUT2D eigenvalue weighted by molar-refractivity contribution is 0.0973. The van der Waals surface area contributed by atoms with Gasteiger partial charge in [0.25, 0.3) is 0 Å². The molecule has 0 aliphatic heterocycles. The minimum Gasteiger partial charge on any atom is -0.338 e. The molecule has 1 heterocycles. The summed E-state index contributed by atoms with van der Waals surface area (Å²) in [5.41, 5.74) is -0.489. The summed E-state index contributed by atoms with van der Waals surface area (Å²) in [4.78, 5) is 15.9. The zero-order valence-corrected chi connectivity index (χ0v) is 11.7. The molecular formula is C13H11BrF2N2O. The second-order valence-electron chi connectivity index (χ2n) is 4.12. The van der Waals surface area contributed by atoms with Crippen LogP contribution in [0.2, 0.25) is 0 Å². The Labute approximate surface area is 117 Å². The Morgan fingerprint density at radius 3 is 2.53 bits per heavy atom. The number of Topliss-reactive ketones (excluding diaryl/α,β-unsaturated/α-hetero) is 1. The predicted molar refractivity (Wildman–Crippen MR) is 69.9 cm³/mol. The zero-order chi connectivity index (χ0) is 14.0. The summed E-state index contributed by atoms with van der Waals surface area (Å²) >= 11 is 2.97. The third kappa shape index (κ3) is 3.07. The number of ketones is 1. The van der Waals surface area contributed by atoms with Crippen LogP contribution < -0.4 is 0 Å². The number of nitrogens with zero attached hydrogens (tertiary/aromatic N) is 2. The van der Waals surface area contributed by atoms with Gasteiger partial charge in [-0.2, -0.15) is 0 Å². The van der Waals surface area contributed by atoms with Gasteiger partial charge in [0.1, 0.15) is 17.5 Å². The van der Waals surface area contributed by atoms with Gasteiger partial charge >= 0.3 is 0 Å². The van der Waals surface area contributed by atoms with Gasteiger partial charge in [-0.05, 0) is 12.1 Å². The Bertz CT molecular complexity index is 602. The summed E-state index contributed by atoms with van der Waals surface area (Å²) in [7, 11) is 1.80. The average molecular weight is 329 g/mol. The molecule has 0 saturated heterocycles. The van der Waals surface area contributed by atoms with Gasteiger partial charge in [-0.1, -0.05) is 15.9 Å². The Kier molecular flexibility index (Phi) is 4.09. The molecule has 0 aliphatic carbocycles. The Morgan fingerprint density at radius 1 is 1.37 bits per heavy atom. The summed E-state index contributed by atoms with van der Waals surface area (Å²) in [6.07, 6.45) is 3.72. The van der Waals surface area contributed by atoms with Crippen LogP contribution in [0, 0.1) is 11.6 Å². The molecule has 100 valence electrons. The van der Waals surface area contributed by atoms with Crippen LogP contribution in [-0.4, -0.2) is 15.3 Å². The fraction of sp³-hybridized carbons (Fsp3) is 0.231. The van der Waals surface area contributed by atoms with Crippen molar-refractivity contribution in [3.8, 4) is 0 Å². The highest BCUT2D eigenvalue weighted by Gasteiger charge is 2.18. The predicted octanol–water partition coefficient (Wildman–Crippen LogP) is 3.28. The molecule has 0 saturated carbocycles. The Balaban J connectivity index is 2.15. The first-order valence-corrected chi connectivity index (χ1v) is 6.42. The number of aryl methyl sites for hydroxylation is 2. The highest BCUT2D eigenvalue weighted by atomic mass is 79.9. The summed E-state index contributed by atoms with van der Waals surface area (Å²) in [6.45, 7) is 0. The number of benzene rings is 1. The molecule has 3 nitrogen and oxygen atoms in total. The van der Waals surface area contributed by atoms with Gasteiger partial charge in [0.15, 0.2) is 5.78 Å². The van der Waals surface area contributed by atoms with E-state index >= 15 is 0 Å². The number of rotatable bonds is 4. The van der Waals surface area contributed by atoms with Crippen LogP contribution in [0.1, 0.15) is 22.6 Å². The van der Waals surface area contributed by atoms with Crippen molar-refractivity contribution in [2.75, 3.05) is 0 Å². The van der Waals surface area contributed by atoms with Crippen molar-refractivity contribution in [2.24, 2.45) is 7.05 Å². The van der Waals surface area contributed by atoms with Crippen LogP contribution in [0.5, 0.6) is 0 Å². The average Bonchev–Trinajstić information content (AvgIpc) is 2.70. The Hall–Kier alpha value is -1.56. The van der Waals surface area contributed by atoms with Crippen molar-refractivity contribution in [1.82, 2.24) is 9.55 Å². The van der Waals surface area contributed by atoms with E-state index in [4.69, 9.17) is 0 Å². The molecule has 2 rings (SSSR count). The van der Waals surface area contributed by atoms with Crippen LogP contribution in [0.4, 0.5) is 8.78 Å². The number of hydrogen-bond donors (Lipinski definition) is 0. The molecule has 0 N–H and O–H groups in total. The fourth-order valence-electron chi connectivity index (χ4n) is 1.80. The first-order chi connectivity index (χ1) is 8.99. The third-order valence-electron chi connectivity index (χ3n) is 2.78. The molecule has 0 bridgehead atoms. The quantitative estimate of drug-likeness (QED) is 0.807. The lowest BCUT2D eigenvalue weighted by Crippen LogP contribution is -2.09. The summed E-state index contributed by atoms with van der Waals surface area (Å²) < 4.78 is 29.2. The molecular weight excluding hydrogens is 318 g/mol. The van der Waals surface area contributed by atoms with Gasteiger partial charge in [0.2, 0.25) is 0 Å². The maximum absolute atomic E-state index is 13.6. The second kappa shape index (κ2) is 5.61. The van der Waals surface area contributed by atoms with Crippen LogP contribution >= 0.6 is 15.9 Å². The fourth-order valence-corrected chi connectivity index (χ4v) is 2.20. The summed E-state index contributed by atoms with van der Waals surface area (Å²) in [5, 5.41) is 0. The van der Waals surface area contributed by atoms with E-state index in [0.29, 0.717) is 12.2 Å². The molecule has 0 aliphatic rings. The van der Waals surface area contributed by atoms with Crippen LogP contribution in [-0.2, 0) is 13.5 Å². The lowest BCUT2D eigenvalue weighted by Gasteiger charge is -2.05. The minimum atomic E-state index is -0.850. The number of aromatic nitrogens is 2. The smallest absolute Gasteiger partial charge is 0.169 e. The standard InChI is InChI=1S/C13H11BrF2N2O/c1-18-5-4-17-12(18)3-2-11(19)13-9(15)6-8(14)7-10(13)16/h4-7H,2-3H2,1H3. The van der Waals surface area contributed by atoms with Crippen molar-refractivity contribution in [2.45, 2.75) is 12.8 Å². The van der Waals surface area contributed by atoms with Gasteiger partial charge in [-0.25, -0.2) is 13.8 Å². The molecule has 0 spiro atoms. The third-order valence-corrected chi connectivity index (χ3v) is 3.24. The maximum Gasteiger partial charge on any atom is 0.169 e. The van der Waals surface area contributed by atoms with E-state index in [-0.39, 0.29) is 10.9 Å². The van der Waals surface area contributed by atoms with Gasteiger partial charge in [0, 0.05) is 36.8 Å². The monoisotopic (exact) mass is 328 g/mol. The minimum absolute atomic E-state index is 0.0142. The SMILES string of the molecule is Cn1ccnc1CCC(=O)c1c(F)cc(Br)cc1F. The molecule has 6 heteroatoms. The number of imidazole rings is 1. The molecule has 0 atom stereocenters. The normalized spacial score (nSPS) is 10.7. The molecule has 1 aromatic heterocycles. The number of hydrogen-bond acceptors (Lipinski definition) is 2. The van der Waals surface area contributed by atoms with E-state index in [0.717, 1.165) is 12.1 Å². The van der Waals surface area contributed by atoms with Gasteiger partial charge < -0.3 is 4.57 Å². The van der Waals surface area contributed by atoms with Crippen LogP contribution in [0.25, 0.3) is 0 Å². The molecule has 19 heavy (non-hydrogen) atoms. The van der Waals surface area contributed by atoms with Crippen LogP contribution in [0.3, 0.4) is 0 Å². The summed E-state index contributed by atoms with van der Waals surface area (Å²) in [5.74, 6) is -1.56. The first kappa shape index (κ1) is 13.9. The number of halogens is 3. The van der Waals surface area contributed by atoms with Crippen molar-refractivity contribution < 1.29 is 13.6 Å². The van der Waals surface area contributed by atoms with Gasteiger partial charge in [-0.15, -0.1) is 0 Å². The molecule has 1 aromatic carbocycles. The highest BCUT2D eigenvalue weighted by Crippen LogP contribution is 2.21. The van der Waals surface area contributed by atoms with E-state index in [1.54, 1.807) is 24.0 Å². The Morgan fingerprint density at radius 2 is 2.00 bits per heavy atom. The number of carbonyl (C=O) groups excluding carboxylic acids is 1. The van der Waals surface area contributed by atoms with Crippen molar-refractivity contribution >= 4 is 21.7 Å². The largest absolute Gasteiger partial charge is 0.338 e. The second-order valence-corrected chi connectivity index (χ2v) is 5.04. The molecule has 0 fully saturated rings. The van der Waals surface area contributed by atoms with E-state index in [1.807, 2.05) is 0 Å². The topological polar surface area (TPSA) is 34.9 Å². The van der Waals surface area contributed by atoms with Gasteiger partial charge in [-0.3, -0.25) is 4.79 Å². The molecule has 2 aromatic rings. The number of carbonyl (C=O) groups is 1. The van der Waals surface area contributed by atoms with Crippen molar-refractivity contribution in [3.05, 3.63) is 52.0 Å². The highest BCUT2D eigenvalue weighted by molar-refractivity contribution is 9.10. The molecule has 0 amide bonds. The van der Waals surface area contributed by atoms with E-state index in [1.165, 1.54) is 0 Å². The first-order valence-electron chi connectivity index (χ1n) is 5.63.